The zero-order chi connectivity index (χ0) is 8.27. The molecule has 0 radical (unpaired) electrons. The van der Waals surface area contributed by atoms with Crippen LogP contribution in [-0.2, 0) is 0 Å². The van der Waals surface area contributed by atoms with Crippen molar-refractivity contribution in [2.45, 2.75) is 13.0 Å². The molecular formula is C8H10INO. The second-order valence-corrected chi connectivity index (χ2v) is 2.93. The summed E-state index contributed by atoms with van der Waals surface area (Å²) in [6.45, 7) is 1.76. The minimum Gasteiger partial charge on any atom is -0.389 e. The average molecular weight is 263 g/mol. The zero-order valence-electron chi connectivity index (χ0n) is 6.21. The van der Waals surface area contributed by atoms with Gasteiger partial charge in [-0.2, -0.15) is 0 Å². The summed E-state index contributed by atoms with van der Waals surface area (Å²) in [5, 5.41) is 9.17. The number of anilines is 1. The first-order chi connectivity index (χ1) is 5.24. The van der Waals surface area contributed by atoms with Gasteiger partial charge in [-0.1, -0.05) is 12.1 Å². The lowest BCUT2D eigenvalue weighted by molar-refractivity contribution is 0.199. The molecule has 1 atom stereocenters. The molecule has 1 aromatic carbocycles. The molecule has 0 aliphatic carbocycles. The summed E-state index contributed by atoms with van der Waals surface area (Å²) in [7, 11) is 0. The Hall–Kier alpha value is -0.290. The highest BCUT2D eigenvalue weighted by molar-refractivity contribution is 14.1. The van der Waals surface area contributed by atoms with Crippen LogP contribution in [0.2, 0.25) is 0 Å². The van der Waals surface area contributed by atoms with Gasteiger partial charge in [0.15, 0.2) is 0 Å². The van der Waals surface area contributed by atoms with Crippen LogP contribution in [0.4, 0.5) is 5.69 Å². The summed E-state index contributed by atoms with van der Waals surface area (Å²) < 4.78 is 2.98. The summed E-state index contributed by atoms with van der Waals surface area (Å²) >= 11 is 2.07. The highest BCUT2D eigenvalue weighted by Crippen LogP contribution is 2.16. The SMILES string of the molecule is CC(O)c1ccc(NI)cc1. The molecule has 1 aromatic rings. The molecule has 0 bridgehead atoms. The summed E-state index contributed by atoms with van der Waals surface area (Å²) in [5.41, 5.74) is 2.00. The number of benzene rings is 1. The Balaban J connectivity index is 2.83. The number of halogens is 1. The quantitative estimate of drug-likeness (QED) is 0.634. The van der Waals surface area contributed by atoms with Crippen molar-refractivity contribution in [3.63, 3.8) is 0 Å². The van der Waals surface area contributed by atoms with Crippen molar-refractivity contribution in [2.75, 3.05) is 3.53 Å². The Morgan fingerprint density at radius 1 is 1.36 bits per heavy atom. The number of rotatable bonds is 2. The third-order valence-corrected chi connectivity index (χ3v) is 2.13. The van der Waals surface area contributed by atoms with Gasteiger partial charge in [0.1, 0.15) is 0 Å². The molecular weight excluding hydrogens is 253 g/mol. The average Bonchev–Trinajstić information content (AvgIpc) is 2.05. The molecule has 2 N–H and O–H groups in total. The Morgan fingerprint density at radius 2 is 1.91 bits per heavy atom. The maximum Gasteiger partial charge on any atom is 0.0761 e. The smallest absolute Gasteiger partial charge is 0.0761 e. The monoisotopic (exact) mass is 263 g/mol. The first-order valence-electron chi connectivity index (χ1n) is 3.38. The van der Waals surface area contributed by atoms with Gasteiger partial charge in [-0.15, -0.1) is 0 Å². The lowest BCUT2D eigenvalue weighted by Gasteiger charge is -2.04. The van der Waals surface area contributed by atoms with Crippen molar-refractivity contribution < 1.29 is 5.11 Å². The number of aliphatic hydroxyl groups is 1. The van der Waals surface area contributed by atoms with Gasteiger partial charge in [0.05, 0.1) is 29.0 Å². The predicted molar refractivity (Wildman–Crippen MR) is 54.7 cm³/mol. The van der Waals surface area contributed by atoms with Crippen LogP contribution < -0.4 is 3.53 Å². The molecule has 0 aliphatic rings. The fraction of sp³-hybridized carbons (Fsp3) is 0.250. The van der Waals surface area contributed by atoms with E-state index in [2.05, 4.69) is 26.4 Å². The first kappa shape index (κ1) is 8.80. The van der Waals surface area contributed by atoms with Crippen LogP contribution in [0.1, 0.15) is 18.6 Å². The molecule has 0 spiro atoms. The zero-order valence-corrected chi connectivity index (χ0v) is 8.37. The van der Waals surface area contributed by atoms with Crippen LogP contribution in [0.15, 0.2) is 24.3 Å². The van der Waals surface area contributed by atoms with Crippen molar-refractivity contribution in [1.29, 1.82) is 0 Å². The van der Waals surface area contributed by atoms with Crippen molar-refractivity contribution in [2.24, 2.45) is 0 Å². The van der Waals surface area contributed by atoms with Crippen LogP contribution >= 0.6 is 22.9 Å². The number of hydrogen-bond acceptors (Lipinski definition) is 2. The minimum absolute atomic E-state index is 0.377. The van der Waals surface area contributed by atoms with E-state index in [0.717, 1.165) is 11.3 Å². The topological polar surface area (TPSA) is 32.3 Å². The van der Waals surface area contributed by atoms with E-state index in [-0.39, 0.29) is 6.10 Å². The molecule has 0 fully saturated rings. The van der Waals surface area contributed by atoms with Gasteiger partial charge in [0.2, 0.25) is 0 Å². The number of hydrogen-bond donors (Lipinski definition) is 2. The van der Waals surface area contributed by atoms with E-state index < -0.39 is 0 Å². The minimum atomic E-state index is -0.377. The van der Waals surface area contributed by atoms with E-state index in [0.29, 0.717) is 0 Å². The largest absolute Gasteiger partial charge is 0.389 e. The number of aliphatic hydroxyl groups excluding tert-OH is 1. The van der Waals surface area contributed by atoms with E-state index in [9.17, 15) is 0 Å². The van der Waals surface area contributed by atoms with Gasteiger partial charge in [-0.05, 0) is 24.6 Å². The molecule has 0 amide bonds. The van der Waals surface area contributed by atoms with Gasteiger partial charge < -0.3 is 8.64 Å². The van der Waals surface area contributed by atoms with E-state index in [4.69, 9.17) is 5.11 Å². The lowest BCUT2D eigenvalue weighted by atomic mass is 10.1. The van der Waals surface area contributed by atoms with Crippen molar-refractivity contribution >= 4 is 28.6 Å². The maximum absolute atomic E-state index is 9.17. The molecule has 1 rings (SSSR count). The van der Waals surface area contributed by atoms with Crippen LogP contribution in [-0.4, -0.2) is 5.11 Å². The molecule has 11 heavy (non-hydrogen) atoms. The predicted octanol–water partition coefficient (Wildman–Crippen LogP) is 2.50. The van der Waals surface area contributed by atoms with Gasteiger partial charge >= 0.3 is 0 Å². The van der Waals surface area contributed by atoms with E-state index >= 15 is 0 Å². The normalized spacial score (nSPS) is 12.6. The Labute approximate surface area is 80.1 Å². The van der Waals surface area contributed by atoms with Gasteiger partial charge in [0.25, 0.3) is 0 Å². The lowest BCUT2D eigenvalue weighted by Crippen LogP contribution is -1.90. The Bertz CT molecular complexity index is 220. The molecule has 60 valence electrons. The standard InChI is InChI=1S/C8H10INO/c1-6(11)7-2-4-8(10-9)5-3-7/h2-6,10-11H,1H3. The second kappa shape index (κ2) is 3.92. The van der Waals surface area contributed by atoms with Crippen LogP contribution in [0.25, 0.3) is 0 Å². The molecule has 0 saturated heterocycles. The molecule has 0 aromatic heterocycles. The van der Waals surface area contributed by atoms with Crippen LogP contribution in [0.5, 0.6) is 0 Å². The van der Waals surface area contributed by atoms with Crippen molar-refractivity contribution in [1.82, 2.24) is 0 Å². The van der Waals surface area contributed by atoms with Crippen LogP contribution in [0, 0.1) is 0 Å². The van der Waals surface area contributed by atoms with Gasteiger partial charge in [-0.3, -0.25) is 0 Å². The molecule has 3 heteroatoms. The van der Waals surface area contributed by atoms with Gasteiger partial charge in [-0.25, -0.2) is 0 Å². The summed E-state index contributed by atoms with van der Waals surface area (Å²) in [4.78, 5) is 0. The van der Waals surface area contributed by atoms with Crippen molar-refractivity contribution in [3.8, 4) is 0 Å². The summed E-state index contributed by atoms with van der Waals surface area (Å²) in [6.07, 6.45) is -0.377. The summed E-state index contributed by atoms with van der Waals surface area (Å²) in [5.74, 6) is 0. The highest BCUT2D eigenvalue weighted by Gasteiger charge is 1.98. The molecule has 0 aliphatic heterocycles. The molecule has 2 nitrogen and oxygen atoms in total. The fourth-order valence-electron chi connectivity index (χ4n) is 0.825. The van der Waals surface area contributed by atoms with Crippen molar-refractivity contribution in [3.05, 3.63) is 29.8 Å². The Kier molecular flexibility index (Phi) is 3.14. The number of nitrogens with one attached hydrogen (secondary N) is 1. The van der Waals surface area contributed by atoms with Gasteiger partial charge in [0, 0.05) is 5.69 Å². The third kappa shape index (κ3) is 2.34. The molecule has 0 heterocycles. The Morgan fingerprint density at radius 3 is 2.27 bits per heavy atom. The fourth-order valence-corrected chi connectivity index (χ4v) is 1.18. The highest BCUT2D eigenvalue weighted by atomic mass is 127. The van der Waals surface area contributed by atoms with Crippen LogP contribution in [0.3, 0.4) is 0 Å². The maximum atomic E-state index is 9.17. The summed E-state index contributed by atoms with van der Waals surface area (Å²) in [6, 6.07) is 7.69. The third-order valence-electron chi connectivity index (χ3n) is 1.50. The molecule has 0 saturated carbocycles. The molecule has 1 unspecified atom stereocenters. The second-order valence-electron chi connectivity index (χ2n) is 2.39. The van der Waals surface area contributed by atoms with E-state index in [1.165, 1.54) is 0 Å². The van der Waals surface area contributed by atoms with E-state index in [1.54, 1.807) is 6.92 Å². The van der Waals surface area contributed by atoms with E-state index in [1.807, 2.05) is 24.3 Å². The first-order valence-corrected chi connectivity index (χ1v) is 4.46.